The van der Waals surface area contributed by atoms with Crippen LogP contribution in [0.15, 0.2) is 42.6 Å². The number of aromatic amines is 1. The van der Waals surface area contributed by atoms with E-state index in [1.54, 1.807) is 12.3 Å². The predicted octanol–water partition coefficient (Wildman–Crippen LogP) is 2.50. The van der Waals surface area contributed by atoms with Gasteiger partial charge in [-0.1, -0.05) is 30.3 Å². The van der Waals surface area contributed by atoms with Gasteiger partial charge in [0.05, 0.1) is 0 Å². The Kier molecular flexibility index (Phi) is 3.05. The van der Waals surface area contributed by atoms with Crippen molar-refractivity contribution >= 4 is 5.97 Å². The summed E-state index contributed by atoms with van der Waals surface area (Å²) in [5.74, 6) is -0.911. The van der Waals surface area contributed by atoms with Crippen molar-refractivity contribution in [3.05, 3.63) is 59.4 Å². The minimum absolute atomic E-state index is 0.253. The second-order valence-electron chi connectivity index (χ2n) is 3.71. The maximum Gasteiger partial charge on any atom is 0.352 e. The Balaban J connectivity index is 1.97. The number of carbonyl (C=O) groups is 1. The van der Waals surface area contributed by atoms with Crippen LogP contribution in [0, 0.1) is 0 Å². The first-order valence-electron chi connectivity index (χ1n) is 5.20. The van der Waals surface area contributed by atoms with Crippen LogP contribution in [0.3, 0.4) is 0 Å². The number of hydrogen-bond donors (Lipinski definition) is 2. The summed E-state index contributed by atoms with van der Waals surface area (Å²) in [6.07, 6.45) is 3.54. The van der Waals surface area contributed by atoms with Gasteiger partial charge in [0.2, 0.25) is 0 Å². The zero-order valence-corrected chi connectivity index (χ0v) is 8.81. The molecule has 0 bridgehead atoms. The smallest absolute Gasteiger partial charge is 0.352 e. The molecule has 0 fully saturated rings. The molecule has 2 N–H and O–H groups in total. The van der Waals surface area contributed by atoms with Crippen LogP contribution in [-0.4, -0.2) is 16.1 Å². The molecule has 0 saturated carbocycles. The van der Waals surface area contributed by atoms with Crippen molar-refractivity contribution in [2.75, 3.05) is 0 Å². The lowest BCUT2D eigenvalue weighted by atomic mass is 10.1. The van der Waals surface area contributed by atoms with Gasteiger partial charge in [-0.05, 0) is 30.0 Å². The van der Waals surface area contributed by atoms with Crippen LogP contribution in [0.2, 0.25) is 0 Å². The molecule has 0 aliphatic rings. The van der Waals surface area contributed by atoms with Gasteiger partial charge in [0.25, 0.3) is 0 Å². The number of aryl methyl sites for hydroxylation is 2. The van der Waals surface area contributed by atoms with Crippen LogP contribution < -0.4 is 0 Å². The van der Waals surface area contributed by atoms with Gasteiger partial charge >= 0.3 is 5.97 Å². The molecule has 2 rings (SSSR count). The average Bonchev–Trinajstić information content (AvgIpc) is 2.76. The molecule has 3 nitrogen and oxygen atoms in total. The molecule has 1 heterocycles. The Hall–Kier alpha value is -2.03. The lowest BCUT2D eigenvalue weighted by Gasteiger charge is -1.98. The number of carboxylic acids is 1. The summed E-state index contributed by atoms with van der Waals surface area (Å²) >= 11 is 0. The lowest BCUT2D eigenvalue weighted by Crippen LogP contribution is -1.95. The standard InChI is InChI=1S/C13H13NO2/c15-13(16)12-8-11(9-14-12)7-6-10-4-2-1-3-5-10/h1-5,8-9,14H,6-7H2,(H,15,16). The molecule has 0 spiro atoms. The summed E-state index contributed by atoms with van der Waals surface area (Å²) in [6, 6.07) is 11.8. The van der Waals surface area contributed by atoms with Gasteiger partial charge in [0.15, 0.2) is 0 Å². The highest BCUT2D eigenvalue weighted by Gasteiger charge is 2.05. The first-order chi connectivity index (χ1) is 7.75. The largest absolute Gasteiger partial charge is 0.477 e. The van der Waals surface area contributed by atoms with Gasteiger partial charge in [-0.2, -0.15) is 0 Å². The average molecular weight is 215 g/mol. The third-order valence-corrected chi connectivity index (χ3v) is 2.52. The monoisotopic (exact) mass is 215 g/mol. The van der Waals surface area contributed by atoms with Crippen LogP contribution >= 0.6 is 0 Å². The van der Waals surface area contributed by atoms with E-state index in [2.05, 4.69) is 17.1 Å². The molecule has 1 aromatic carbocycles. The molecular formula is C13H13NO2. The Morgan fingerprint density at radius 1 is 1.12 bits per heavy atom. The van der Waals surface area contributed by atoms with Crippen molar-refractivity contribution in [3.8, 4) is 0 Å². The van der Waals surface area contributed by atoms with E-state index in [1.807, 2.05) is 18.2 Å². The number of H-pyrrole nitrogens is 1. The minimum Gasteiger partial charge on any atom is -0.477 e. The van der Waals surface area contributed by atoms with Crippen LogP contribution in [-0.2, 0) is 12.8 Å². The van der Waals surface area contributed by atoms with E-state index in [9.17, 15) is 4.79 Å². The molecule has 0 saturated heterocycles. The van der Waals surface area contributed by atoms with Crippen molar-refractivity contribution in [2.24, 2.45) is 0 Å². The van der Waals surface area contributed by atoms with Crippen molar-refractivity contribution in [2.45, 2.75) is 12.8 Å². The lowest BCUT2D eigenvalue weighted by molar-refractivity contribution is 0.0691. The fourth-order valence-electron chi connectivity index (χ4n) is 1.64. The molecule has 0 aliphatic heterocycles. The highest BCUT2D eigenvalue weighted by atomic mass is 16.4. The zero-order valence-electron chi connectivity index (χ0n) is 8.81. The summed E-state index contributed by atoms with van der Waals surface area (Å²) in [6.45, 7) is 0. The molecule has 16 heavy (non-hydrogen) atoms. The van der Waals surface area contributed by atoms with Crippen LogP contribution in [0.5, 0.6) is 0 Å². The summed E-state index contributed by atoms with van der Waals surface area (Å²) in [7, 11) is 0. The third kappa shape index (κ3) is 2.51. The van der Waals surface area contributed by atoms with Gasteiger partial charge < -0.3 is 10.1 Å². The SMILES string of the molecule is O=C(O)c1cc(CCc2ccccc2)c[nH]1. The minimum atomic E-state index is -0.911. The number of nitrogens with one attached hydrogen (secondary N) is 1. The maximum atomic E-state index is 10.7. The quantitative estimate of drug-likeness (QED) is 0.823. The molecule has 82 valence electrons. The summed E-state index contributed by atoms with van der Waals surface area (Å²) in [4.78, 5) is 13.4. The van der Waals surface area contributed by atoms with Gasteiger partial charge in [0, 0.05) is 6.20 Å². The van der Waals surface area contributed by atoms with E-state index < -0.39 is 5.97 Å². The molecule has 2 aromatic rings. The first-order valence-corrected chi connectivity index (χ1v) is 5.20. The normalized spacial score (nSPS) is 10.2. The molecule has 0 aliphatic carbocycles. The van der Waals surface area contributed by atoms with Gasteiger partial charge in [-0.3, -0.25) is 0 Å². The second kappa shape index (κ2) is 4.66. The molecule has 0 atom stereocenters. The molecular weight excluding hydrogens is 202 g/mol. The van der Waals surface area contributed by atoms with E-state index in [1.165, 1.54) is 5.56 Å². The Bertz CT molecular complexity index is 474. The van der Waals surface area contributed by atoms with Crippen LogP contribution in [0.4, 0.5) is 0 Å². The molecule has 0 radical (unpaired) electrons. The fraction of sp³-hybridized carbons (Fsp3) is 0.154. The predicted molar refractivity (Wildman–Crippen MR) is 61.6 cm³/mol. The Morgan fingerprint density at radius 3 is 2.44 bits per heavy atom. The topological polar surface area (TPSA) is 53.1 Å². The number of carboxylic acid groups (broad SMARTS) is 1. The molecule has 0 amide bonds. The van der Waals surface area contributed by atoms with E-state index in [0.29, 0.717) is 0 Å². The van der Waals surface area contributed by atoms with Crippen molar-refractivity contribution in [3.63, 3.8) is 0 Å². The van der Waals surface area contributed by atoms with E-state index in [-0.39, 0.29) is 5.69 Å². The molecule has 1 aromatic heterocycles. The summed E-state index contributed by atoms with van der Waals surface area (Å²) in [5, 5.41) is 8.75. The molecule has 3 heteroatoms. The maximum absolute atomic E-state index is 10.7. The second-order valence-corrected chi connectivity index (χ2v) is 3.71. The number of aromatic nitrogens is 1. The fourth-order valence-corrected chi connectivity index (χ4v) is 1.64. The van der Waals surface area contributed by atoms with Crippen LogP contribution in [0.1, 0.15) is 21.6 Å². The number of hydrogen-bond acceptors (Lipinski definition) is 1. The van der Waals surface area contributed by atoms with Gasteiger partial charge in [-0.15, -0.1) is 0 Å². The van der Waals surface area contributed by atoms with Crippen molar-refractivity contribution in [1.82, 2.24) is 4.98 Å². The summed E-state index contributed by atoms with van der Waals surface area (Å²) < 4.78 is 0. The van der Waals surface area contributed by atoms with E-state index >= 15 is 0 Å². The Morgan fingerprint density at radius 2 is 1.81 bits per heavy atom. The van der Waals surface area contributed by atoms with Gasteiger partial charge in [0.1, 0.15) is 5.69 Å². The third-order valence-electron chi connectivity index (χ3n) is 2.52. The molecule has 0 unspecified atom stereocenters. The number of rotatable bonds is 4. The van der Waals surface area contributed by atoms with Crippen molar-refractivity contribution < 1.29 is 9.90 Å². The summed E-state index contributed by atoms with van der Waals surface area (Å²) in [5.41, 5.74) is 2.55. The van der Waals surface area contributed by atoms with Gasteiger partial charge in [-0.25, -0.2) is 4.79 Å². The highest BCUT2D eigenvalue weighted by Crippen LogP contribution is 2.08. The van der Waals surface area contributed by atoms with E-state index in [4.69, 9.17) is 5.11 Å². The highest BCUT2D eigenvalue weighted by molar-refractivity contribution is 5.85. The zero-order chi connectivity index (χ0) is 11.4. The van der Waals surface area contributed by atoms with E-state index in [0.717, 1.165) is 18.4 Å². The Labute approximate surface area is 93.7 Å². The van der Waals surface area contributed by atoms with Crippen LogP contribution in [0.25, 0.3) is 0 Å². The first kappa shape index (κ1) is 10.5. The number of benzene rings is 1. The van der Waals surface area contributed by atoms with Crippen molar-refractivity contribution in [1.29, 1.82) is 0 Å². The number of aromatic carboxylic acids is 1.